The fourth-order valence-corrected chi connectivity index (χ4v) is 3.30. The molecule has 5 heteroatoms. The van der Waals surface area contributed by atoms with Gasteiger partial charge in [-0.05, 0) is 29.7 Å². The molecule has 0 aliphatic rings. The molecule has 1 aromatic heterocycles. The van der Waals surface area contributed by atoms with Gasteiger partial charge in [-0.2, -0.15) is 11.8 Å². The van der Waals surface area contributed by atoms with Crippen LogP contribution in [0.4, 0.5) is 0 Å². The van der Waals surface area contributed by atoms with Crippen LogP contribution < -0.4 is 10.1 Å². The van der Waals surface area contributed by atoms with Gasteiger partial charge >= 0.3 is 0 Å². The predicted octanol–water partition coefficient (Wildman–Crippen LogP) is 4.10. The molecular formula is C19H19NO3S. The molecule has 0 saturated heterocycles. The summed E-state index contributed by atoms with van der Waals surface area (Å²) in [6, 6.07) is 15.3. The zero-order chi connectivity index (χ0) is 16.8. The fourth-order valence-electron chi connectivity index (χ4n) is 2.55. The maximum absolute atomic E-state index is 12.5. The molecule has 0 aliphatic carbocycles. The molecule has 2 aromatic carbocycles. The molecule has 3 rings (SSSR count). The van der Waals surface area contributed by atoms with E-state index in [-0.39, 0.29) is 5.91 Å². The normalized spacial score (nSPS) is 10.7. The summed E-state index contributed by atoms with van der Waals surface area (Å²) >= 11 is 1.73. The third-order valence-corrected chi connectivity index (χ3v) is 4.69. The monoisotopic (exact) mass is 341 g/mol. The first-order valence-electron chi connectivity index (χ1n) is 7.73. The van der Waals surface area contributed by atoms with E-state index < -0.39 is 0 Å². The Morgan fingerprint density at radius 1 is 1.12 bits per heavy atom. The standard InChI is InChI=1S/C19H19NO3S/c1-22-18-9-8-17(15-6-2-3-7-16(15)18)19(21)20-10-12-24-13-14-5-4-11-23-14/h2-9,11H,10,12-13H2,1H3,(H,20,21). The molecule has 0 unspecified atom stereocenters. The zero-order valence-corrected chi connectivity index (χ0v) is 14.3. The van der Waals surface area contributed by atoms with E-state index in [1.54, 1.807) is 25.1 Å². The molecule has 1 heterocycles. The number of amides is 1. The summed E-state index contributed by atoms with van der Waals surface area (Å²) in [6.07, 6.45) is 1.67. The average Bonchev–Trinajstić information content (AvgIpc) is 3.13. The number of thioether (sulfide) groups is 1. The second-order valence-corrected chi connectivity index (χ2v) is 6.35. The summed E-state index contributed by atoms with van der Waals surface area (Å²) in [5.41, 5.74) is 0.669. The molecular weight excluding hydrogens is 322 g/mol. The van der Waals surface area contributed by atoms with Gasteiger partial charge in [-0.1, -0.05) is 24.3 Å². The van der Waals surface area contributed by atoms with Gasteiger partial charge in [0.1, 0.15) is 11.5 Å². The number of fused-ring (bicyclic) bond motifs is 1. The number of methoxy groups -OCH3 is 1. The van der Waals surface area contributed by atoms with Crippen molar-refractivity contribution in [2.75, 3.05) is 19.4 Å². The lowest BCUT2D eigenvalue weighted by Crippen LogP contribution is -2.26. The molecule has 1 amide bonds. The smallest absolute Gasteiger partial charge is 0.251 e. The van der Waals surface area contributed by atoms with Gasteiger partial charge in [0.2, 0.25) is 0 Å². The van der Waals surface area contributed by atoms with Crippen molar-refractivity contribution >= 4 is 28.4 Å². The van der Waals surface area contributed by atoms with Gasteiger partial charge in [-0.3, -0.25) is 4.79 Å². The number of carbonyl (C=O) groups excluding carboxylic acids is 1. The van der Waals surface area contributed by atoms with E-state index in [9.17, 15) is 4.79 Å². The van der Waals surface area contributed by atoms with E-state index >= 15 is 0 Å². The molecule has 1 N–H and O–H groups in total. The highest BCUT2D eigenvalue weighted by Crippen LogP contribution is 2.28. The summed E-state index contributed by atoms with van der Waals surface area (Å²) in [5, 5.41) is 4.82. The molecule has 0 spiro atoms. The lowest BCUT2D eigenvalue weighted by molar-refractivity contribution is 0.0958. The Kier molecular flexibility index (Phi) is 5.43. The Hall–Kier alpha value is -2.40. The molecule has 0 radical (unpaired) electrons. The number of furan rings is 1. The van der Waals surface area contributed by atoms with E-state index in [1.165, 1.54) is 0 Å². The quantitative estimate of drug-likeness (QED) is 0.657. The summed E-state index contributed by atoms with van der Waals surface area (Å²) in [4.78, 5) is 12.5. The number of hydrogen-bond acceptors (Lipinski definition) is 4. The van der Waals surface area contributed by atoms with Crippen molar-refractivity contribution in [2.24, 2.45) is 0 Å². The minimum atomic E-state index is -0.0625. The van der Waals surface area contributed by atoms with Gasteiger partial charge in [-0.15, -0.1) is 0 Å². The molecule has 124 valence electrons. The number of rotatable bonds is 7. The molecule has 0 atom stereocenters. The number of ether oxygens (including phenoxy) is 1. The van der Waals surface area contributed by atoms with E-state index in [1.807, 2.05) is 48.5 Å². The van der Waals surface area contributed by atoms with Crippen LogP contribution in [0.2, 0.25) is 0 Å². The number of carbonyl (C=O) groups is 1. The van der Waals surface area contributed by atoms with Crippen molar-refractivity contribution in [2.45, 2.75) is 5.75 Å². The summed E-state index contributed by atoms with van der Waals surface area (Å²) in [7, 11) is 1.64. The van der Waals surface area contributed by atoms with Crippen molar-refractivity contribution in [1.82, 2.24) is 5.32 Å². The van der Waals surface area contributed by atoms with Gasteiger partial charge < -0.3 is 14.5 Å². The van der Waals surface area contributed by atoms with Crippen LogP contribution in [0.1, 0.15) is 16.1 Å². The third kappa shape index (κ3) is 3.74. The molecule has 0 aliphatic heterocycles. The van der Waals surface area contributed by atoms with Crippen LogP contribution in [0.3, 0.4) is 0 Å². The summed E-state index contributed by atoms with van der Waals surface area (Å²) < 4.78 is 10.6. The zero-order valence-electron chi connectivity index (χ0n) is 13.5. The second kappa shape index (κ2) is 7.93. The van der Waals surface area contributed by atoms with Crippen molar-refractivity contribution in [1.29, 1.82) is 0 Å². The van der Waals surface area contributed by atoms with Gasteiger partial charge in [-0.25, -0.2) is 0 Å². The number of benzene rings is 2. The lowest BCUT2D eigenvalue weighted by Gasteiger charge is -2.10. The van der Waals surface area contributed by atoms with Crippen molar-refractivity contribution in [3.8, 4) is 5.75 Å². The molecule has 3 aromatic rings. The topological polar surface area (TPSA) is 51.5 Å². The van der Waals surface area contributed by atoms with Gasteiger partial charge in [0.25, 0.3) is 5.91 Å². The summed E-state index contributed by atoms with van der Waals surface area (Å²) in [6.45, 7) is 0.616. The van der Waals surface area contributed by atoms with E-state index in [4.69, 9.17) is 9.15 Å². The number of hydrogen-bond donors (Lipinski definition) is 1. The lowest BCUT2D eigenvalue weighted by atomic mass is 10.0. The molecule has 4 nitrogen and oxygen atoms in total. The van der Waals surface area contributed by atoms with Crippen LogP contribution in [0, 0.1) is 0 Å². The van der Waals surface area contributed by atoms with E-state index in [0.29, 0.717) is 12.1 Å². The minimum Gasteiger partial charge on any atom is -0.496 e. The van der Waals surface area contributed by atoms with Crippen LogP contribution in [-0.2, 0) is 5.75 Å². The maximum Gasteiger partial charge on any atom is 0.251 e. The van der Waals surface area contributed by atoms with Gasteiger partial charge in [0.05, 0.1) is 19.1 Å². The van der Waals surface area contributed by atoms with Crippen molar-refractivity contribution in [3.05, 3.63) is 66.1 Å². The maximum atomic E-state index is 12.5. The first kappa shape index (κ1) is 16.5. The van der Waals surface area contributed by atoms with Gasteiger partial charge in [0.15, 0.2) is 0 Å². The van der Waals surface area contributed by atoms with E-state index in [0.717, 1.165) is 33.8 Å². The molecule has 0 bridgehead atoms. The van der Waals surface area contributed by atoms with E-state index in [2.05, 4.69) is 5.32 Å². The van der Waals surface area contributed by atoms with Crippen molar-refractivity contribution in [3.63, 3.8) is 0 Å². The Bertz CT molecular complexity index is 815. The molecule has 0 saturated carbocycles. The Balaban J connectivity index is 1.60. The van der Waals surface area contributed by atoms with Crippen LogP contribution in [0.5, 0.6) is 5.75 Å². The Morgan fingerprint density at radius 2 is 1.96 bits per heavy atom. The Morgan fingerprint density at radius 3 is 2.71 bits per heavy atom. The minimum absolute atomic E-state index is 0.0625. The largest absolute Gasteiger partial charge is 0.496 e. The second-order valence-electron chi connectivity index (χ2n) is 5.25. The predicted molar refractivity (Wildman–Crippen MR) is 97.7 cm³/mol. The summed E-state index contributed by atoms with van der Waals surface area (Å²) in [5.74, 6) is 3.31. The number of nitrogens with one attached hydrogen (secondary N) is 1. The van der Waals surface area contributed by atoms with Crippen LogP contribution in [0.25, 0.3) is 10.8 Å². The van der Waals surface area contributed by atoms with Crippen LogP contribution >= 0.6 is 11.8 Å². The fraction of sp³-hybridized carbons (Fsp3) is 0.211. The van der Waals surface area contributed by atoms with Crippen LogP contribution in [-0.4, -0.2) is 25.3 Å². The highest BCUT2D eigenvalue weighted by molar-refractivity contribution is 7.98. The third-order valence-electron chi connectivity index (χ3n) is 3.70. The average molecular weight is 341 g/mol. The van der Waals surface area contributed by atoms with Gasteiger partial charge in [0, 0.05) is 23.2 Å². The SMILES string of the molecule is COc1ccc(C(=O)NCCSCc2ccco2)c2ccccc12. The van der Waals surface area contributed by atoms with Crippen molar-refractivity contribution < 1.29 is 13.9 Å². The highest BCUT2D eigenvalue weighted by atomic mass is 32.2. The molecule has 0 fully saturated rings. The first-order valence-corrected chi connectivity index (χ1v) is 8.89. The first-order chi connectivity index (χ1) is 11.8. The Labute approximate surface area is 145 Å². The highest BCUT2D eigenvalue weighted by Gasteiger charge is 2.12. The molecule has 24 heavy (non-hydrogen) atoms. The van der Waals surface area contributed by atoms with Crippen LogP contribution in [0.15, 0.2) is 59.2 Å².